The van der Waals surface area contributed by atoms with Crippen LogP contribution >= 0.6 is 11.3 Å². The van der Waals surface area contributed by atoms with E-state index in [1.54, 1.807) is 37.7 Å². The van der Waals surface area contributed by atoms with Gasteiger partial charge in [0, 0.05) is 27.7 Å². The molecule has 0 saturated carbocycles. The van der Waals surface area contributed by atoms with E-state index < -0.39 is 0 Å². The molecule has 1 aliphatic heterocycles. The second-order valence-corrected chi connectivity index (χ2v) is 8.47. The number of hydrogen-bond acceptors (Lipinski definition) is 5. The molecule has 5 nitrogen and oxygen atoms in total. The fourth-order valence-corrected chi connectivity index (χ4v) is 4.93. The smallest absolute Gasteiger partial charge is 0.254 e. The summed E-state index contributed by atoms with van der Waals surface area (Å²) < 4.78 is 12.0. The highest BCUT2D eigenvalue weighted by atomic mass is 32.1. The molecule has 152 valence electrons. The van der Waals surface area contributed by atoms with Crippen LogP contribution < -0.4 is 14.8 Å². The van der Waals surface area contributed by atoms with Gasteiger partial charge in [-0.2, -0.15) is 0 Å². The second-order valence-electron chi connectivity index (χ2n) is 7.30. The largest absolute Gasteiger partial charge is 0.493 e. The van der Waals surface area contributed by atoms with Crippen LogP contribution in [0.5, 0.6) is 11.5 Å². The molecular formula is C23H26N2O3S. The van der Waals surface area contributed by atoms with E-state index in [0.717, 1.165) is 19.4 Å². The normalized spacial score (nSPS) is 16.1. The fourth-order valence-electron chi connectivity index (χ4n) is 3.85. The first kappa shape index (κ1) is 19.7. The van der Waals surface area contributed by atoms with Crippen molar-refractivity contribution in [1.82, 2.24) is 10.2 Å². The van der Waals surface area contributed by atoms with Gasteiger partial charge in [0.1, 0.15) is 0 Å². The van der Waals surface area contributed by atoms with Crippen molar-refractivity contribution in [2.24, 2.45) is 0 Å². The van der Waals surface area contributed by atoms with Gasteiger partial charge in [-0.25, -0.2) is 0 Å². The Hall–Kier alpha value is -2.57. The molecule has 1 fully saturated rings. The Morgan fingerprint density at radius 1 is 1.14 bits per heavy atom. The van der Waals surface area contributed by atoms with E-state index in [-0.39, 0.29) is 5.91 Å². The molecular weight excluding hydrogens is 384 g/mol. The number of methoxy groups -OCH3 is 2. The monoisotopic (exact) mass is 410 g/mol. The molecule has 2 aromatic carbocycles. The van der Waals surface area contributed by atoms with E-state index in [0.29, 0.717) is 36.2 Å². The standard InChI is InChI=1S/C23H26N2O3S/c1-27-20-10-9-17(13-21(20)28-2)23(26)25(14-18-7-5-11-24-18)15-19-12-16-6-3-4-8-22(16)29-19/h3-4,6,8-10,12-13,18,24H,5,7,11,14-15H2,1-2H3/t18-/m0/s1. The van der Waals surface area contributed by atoms with E-state index in [1.165, 1.54) is 15.0 Å². The maximum atomic E-state index is 13.4. The van der Waals surface area contributed by atoms with Crippen LogP contribution in [0, 0.1) is 0 Å². The van der Waals surface area contributed by atoms with Gasteiger partial charge in [-0.05, 0) is 55.1 Å². The van der Waals surface area contributed by atoms with Gasteiger partial charge in [0.15, 0.2) is 11.5 Å². The van der Waals surface area contributed by atoms with E-state index >= 15 is 0 Å². The number of fused-ring (bicyclic) bond motifs is 1. The topological polar surface area (TPSA) is 50.8 Å². The third kappa shape index (κ3) is 4.38. The van der Waals surface area contributed by atoms with Crippen LogP contribution in [0.1, 0.15) is 28.1 Å². The Bertz CT molecular complexity index is 962. The number of ether oxygens (including phenoxy) is 2. The summed E-state index contributed by atoms with van der Waals surface area (Å²) in [6.07, 6.45) is 2.26. The Morgan fingerprint density at radius 3 is 2.69 bits per heavy atom. The summed E-state index contributed by atoms with van der Waals surface area (Å²) in [6.45, 7) is 2.32. The molecule has 2 heterocycles. The first-order valence-electron chi connectivity index (χ1n) is 9.90. The highest BCUT2D eigenvalue weighted by Crippen LogP contribution is 2.30. The fraction of sp³-hybridized carbons (Fsp3) is 0.348. The number of rotatable bonds is 7. The lowest BCUT2D eigenvalue weighted by atomic mass is 10.1. The molecule has 29 heavy (non-hydrogen) atoms. The van der Waals surface area contributed by atoms with E-state index in [4.69, 9.17) is 9.47 Å². The molecule has 3 aromatic rings. The average Bonchev–Trinajstić information content (AvgIpc) is 3.41. The van der Waals surface area contributed by atoms with Gasteiger partial charge in [-0.3, -0.25) is 4.79 Å². The summed E-state index contributed by atoms with van der Waals surface area (Å²) in [4.78, 5) is 16.6. The summed E-state index contributed by atoms with van der Waals surface area (Å²) >= 11 is 1.75. The zero-order chi connectivity index (χ0) is 20.2. The summed E-state index contributed by atoms with van der Waals surface area (Å²) in [5, 5.41) is 4.74. The molecule has 1 saturated heterocycles. The van der Waals surface area contributed by atoms with Crippen molar-refractivity contribution in [3.63, 3.8) is 0 Å². The minimum Gasteiger partial charge on any atom is -0.493 e. The van der Waals surface area contributed by atoms with Crippen molar-refractivity contribution < 1.29 is 14.3 Å². The van der Waals surface area contributed by atoms with E-state index in [2.05, 4.69) is 29.6 Å². The zero-order valence-corrected chi connectivity index (χ0v) is 17.6. The molecule has 6 heteroatoms. The quantitative estimate of drug-likeness (QED) is 0.631. The number of amides is 1. The van der Waals surface area contributed by atoms with Crippen LogP contribution in [0.2, 0.25) is 0 Å². The summed E-state index contributed by atoms with van der Waals surface area (Å²) in [5.74, 6) is 1.20. The number of carbonyl (C=O) groups excluding carboxylic acids is 1. The maximum Gasteiger partial charge on any atom is 0.254 e. The van der Waals surface area contributed by atoms with Gasteiger partial charge in [-0.1, -0.05) is 18.2 Å². The highest BCUT2D eigenvalue weighted by molar-refractivity contribution is 7.19. The molecule has 0 unspecified atom stereocenters. The Kier molecular flexibility index (Phi) is 6.02. The maximum absolute atomic E-state index is 13.4. The SMILES string of the molecule is COc1ccc(C(=O)N(Cc2cc3ccccc3s2)C[C@@H]2CCCN2)cc1OC. The van der Waals surface area contributed by atoms with Gasteiger partial charge in [-0.15, -0.1) is 11.3 Å². The summed E-state index contributed by atoms with van der Waals surface area (Å²) in [7, 11) is 3.18. The van der Waals surface area contributed by atoms with Crippen molar-refractivity contribution in [1.29, 1.82) is 0 Å². The first-order valence-corrected chi connectivity index (χ1v) is 10.7. The van der Waals surface area contributed by atoms with Crippen LogP contribution in [0.25, 0.3) is 10.1 Å². The molecule has 1 aliphatic rings. The van der Waals surface area contributed by atoms with E-state index in [1.807, 2.05) is 17.0 Å². The lowest BCUT2D eigenvalue weighted by Gasteiger charge is -2.26. The zero-order valence-electron chi connectivity index (χ0n) is 16.8. The first-order chi connectivity index (χ1) is 14.2. The molecule has 0 spiro atoms. The Balaban J connectivity index is 1.61. The van der Waals surface area contributed by atoms with Crippen LogP contribution in [-0.4, -0.2) is 44.2 Å². The second kappa shape index (κ2) is 8.84. The minimum absolute atomic E-state index is 0.0112. The van der Waals surface area contributed by atoms with Gasteiger partial charge in [0.2, 0.25) is 0 Å². The number of nitrogens with zero attached hydrogens (tertiary/aromatic N) is 1. The van der Waals surface area contributed by atoms with Gasteiger partial charge in [0.25, 0.3) is 5.91 Å². The van der Waals surface area contributed by atoms with Crippen molar-refractivity contribution in [2.75, 3.05) is 27.3 Å². The molecule has 1 atom stereocenters. The number of carbonyl (C=O) groups is 1. The average molecular weight is 411 g/mol. The lowest BCUT2D eigenvalue weighted by Crippen LogP contribution is -2.40. The van der Waals surface area contributed by atoms with Crippen LogP contribution in [0.3, 0.4) is 0 Å². The molecule has 1 amide bonds. The van der Waals surface area contributed by atoms with Crippen LogP contribution in [0.4, 0.5) is 0 Å². The Morgan fingerprint density at radius 2 is 1.97 bits per heavy atom. The van der Waals surface area contributed by atoms with Gasteiger partial charge < -0.3 is 19.7 Å². The Labute approximate surface area is 175 Å². The van der Waals surface area contributed by atoms with Crippen LogP contribution in [0.15, 0.2) is 48.5 Å². The molecule has 1 aromatic heterocycles. The third-order valence-electron chi connectivity index (χ3n) is 5.34. The number of benzene rings is 2. The minimum atomic E-state index is 0.0112. The van der Waals surface area contributed by atoms with Crippen LogP contribution in [-0.2, 0) is 6.54 Å². The molecule has 0 aliphatic carbocycles. The van der Waals surface area contributed by atoms with E-state index in [9.17, 15) is 4.79 Å². The van der Waals surface area contributed by atoms with Crippen molar-refractivity contribution in [3.8, 4) is 11.5 Å². The number of nitrogens with one attached hydrogen (secondary N) is 1. The van der Waals surface area contributed by atoms with Crippen molar-refractivity contribution in [3.05, 3.63) is 59.0 Å². The third-order valence-corrected chi connectivity index (χ3v) is 6.44. The molecule has 0 radical (unpaired) electrons. The molecule has 4 rings (SSSR count). The predicted molar refractivity (Wildman–Crippen MR) is 117 cm³/mol. The summed E-state index contributed by atoms with van der Waals surface area (Å²) in [5.41, 5.74) is 0.613. The van der Waals surface area contributed by atoms with Gasteiger partial charge >= 0.3 is 0 Å². The van der Waals surface area contributed by atoms with Crippen molar-refractivity contribution in [2.45, 2.75) is 25.4 Å². The highest BCUT2D eigenvalue weighted by Gasteiger charge is 2.24. The molecule has 1 N–H and O–H groups in total. The molecule has 0 bridgehead atoms. The van der Waals surface area contributed by atoms with Crippen molar-refractivity contribution >= 4 is 27.3 Å². The summed E-state index contributed by atoms with van der Waals surface area (Å²) in [6, 6.07) is 16.2. The lowest BCUT2D eigenvalue weighted by molar-refractivity contribution is 0.0730. The van der Waals surface area contributed by atoms with Gasteiger partial charge in [0.05, 0.1) is 20.8 Å². The predicted octanol–water partition coefficient (Wildman–Crippen LogP) is 4.31. The number of hydrogen-bond donors (Lipinski definition) is 1. The number of thiophene rings is 1.